The van der Waals surface area contributed by atoms with Gasteiger partial charge in [0.2, 0.25) is 0 Å². The largest absolute Gasteiger partial charge is 0.477 e. The van der Waals surface area contributed by atoms with Gasteiger partial charge in [0.05, 0.1) is 0 Å². The second-order valence-electron chi connectivity index (χ2n) is 4.25. The highest BCUT2D eigenvalue weighted by molar-refractivity contribution is 5.99. The Morgan fingerprint density at radius 3 is 2.29 bits per heavy atom. The molecule has 1 heterocycles. The lowest BCUT2D eigenvalue weighted by molar-refractivity contribution is 0.0691. The molecule has 0 bridgehead atoms. The smallest absolute Gasteiger partial charge is 0.352 e. The average Bonchev–Trinajstić information content (AvgIpc) is 2.77. The Balaban J connectivity index is 2.81. The number of aromatic carboxylic acids is 1. The highest BCUT2D eigenvalue weighted by Crippen LogP contribution is 2.20. The maximum absolute atomic E-state index is 12.1. The number of carbonyl (C=O) groups excluding carboxylic acids is 1. The summed E-state index contributed by atoms with van der Waals surface area (Å²) >= 11 is 0. The predicted molar refractivity (Wildman–Crippen MR) is 65.4 cm³/mol. The molecule has 0 unspecified atom stereocenters. The third-order valence-corrected chi connectivity index (χ3v) is 2.84. The molecule has 0 fully saturated rings. The van der Waals surface area contributed by atoms with E-state index in [-0.39, 0.29) is 17.4 Å². The molecular weight excluding hydrogens is 218 g/mol. The summed E-state index contributed by atoms with van der Waals surface area (Å²) < 4.78 is 0. The summed E-state index contributed by atoms with van der Waals surface area (Å²) in [5, 5.41) is 8.78. The van der Waals surface area contributed by atoms with Gasteiger partial charge in [0.15, 0.2) is 5.78 Å². The maximum Gasteiger partial charge on any atom is 0.352 e. The van der Waals surface area contributed by atoms with Gasteiger partial charge in [0.25, 0.3) is 0 Å². The summed E-state index contributed by atoms with van der Waals surface area (Å²) in [5.74, 6) is -0.966. The molecule has 0 amide bonds. The fraction of sp³-hybridized carbons (Fsp3) is 0.538. The van der Waals surface area contributed by atoms with Crippen LogP contribution in [0.5, 0.6) is 0 Å². The number of nitrogens with one attached hydrogen (secondary N) is 1. The molecule has 94 valence electrons. The zero-order chi connectivity index (χ0) is 12.8. The average molecular weight is 237 g/mol. The maximum atomic E-state index is 12.1. The molecule has 0 spiro atoms. The first kappa shape index (κ1) is 13.5. The van der Waals surface area contributed by atoms with E-state index < -0.39 is 5.97 Å². The van der Waals surface area contributed by atoms with E-state index in [9.17, 15) is 9.59 Å². The number of hydrogen-bond donors (Lipinski definition) is 2. The SMILES string of the molecule is CCCC(CCC)C(=O)c1c[nH]c(C(=O)O)c1. The minimum absolute atomic E-state index is 0.0162. The first-order valence-electron chi connectivity index (χ1n) is 6.06. The van der Waals surface area contributed by atoms with E-state index in [1.807, 2.05) is 0 Å². The van der Waals surface area contributed by atoms with E-state index >= 15 is 0 Å². The molecule has 4 nitrogen and oxygen atoms in total. The lowest BCUT2D eigenvalue weighted by Crippen LogP contribution is -2.14. The van der Waals surface area contributed by atoms with Gasteiger partial charge >= 0.3 is 5.97 Å². The van der Waals surface area contributed by atoms with Crippen LogP contribution in [-0.2, 0) is 0 Å². The third-order valence-electron chi connectivity index (χ3n) is 2.84. The van der Waals surface area contributed by atoms with Crippen LogP contribution < -0.4 is 0 Å². The van der Waals surface area contributed by atoms with Gasteiger partial charge in [0.1, 0.15) is 5.69 Å². The molecule has 0 aromatic carbocycles. The molecule has 1 aromatic rings. The highest BCUT2D eigenvalue weighted by atomic mass is 16.4. The van der Waals surface area contributed by atoms with Gasteiger partial charge in [-0.15, -0.1) is 0 Å². The third kappa shape index (κ3) is 3.44. The number of carbonyl (C=O) groups is 2. The molecule has 2 N–H and O–H groups in total. The Bertz CT molecular complexity index is 389. The topological polar surface area (TPSA) is 70.2 Å². The van der Waals surface area contributed by atoms with Crippen LogP contribution in [0.4, 0.5) is 0 Å². The molecule has 4 heteroatoms. The number of Topliss-reactive ketones (excluding diaryl/α,β-unsaturated/α-hetero) is 1. The van der Waals surface area contributed by atoms with Crippen molar-refractivity contribution >= 4 is 11.8 Å². The lowest BCUT2D eigenvalue weighted by atomic mass is 9.91. The van der Waals surface area contributed by atoms with Gasteiger partial charge in [-0.3, -0.25) is 4.79 Å². The molecule has 0 aliphatic heterocycles. The van der Waals surface area contributed by atoms with Crippen molar-refractivity contribution in [1.82, 2.24) is 4.98 Å². The van der Waals surface area contributed by atoms with Crippen LogP contribution in [0.25, 0.3) is 0 Å². The summed E-state index contributed by atoms with van der Waals surface area (Å²) in [6.45, 7) is 4.10. The zero-order valence-electron chi connectivity index (χ0n) is 10.3. The van der Waals surface area contributed by atoms with Crippen LogP contribution in [0.2, 0.25) is 0 Å². The lowest BCUT2D eigenvalue weighted by Gasteiger charge is -2.12. The van der Waals surface area contributed by atoms with Crippen LogP contribution in [0.1, 0.15) is 60.4 Å². The summed E-state index contributed by atoms with van der Waals surface area (Å²) in [5.41, 5.74) is 0.550. The number of ketones is 1. The Morgan fingerprint density at radius 2 is 1.88 bits per heavy atom. The van der Waals surface area contributed by atoms with Gasteiger partial charge in [-0.2, -0.15) is 0 Å². The van der Waals surface area contributed by atoms with E-state index in [1.54, 1.807) is 0 Å². The summed E-state index contributed by atoms with van der Waals surface area (Å²) in [4.78, 5) is 25.5. The Labute approximate surface area is 101 Å². The first-order valence-corrected chi connectivity index (χ1v) is 6.06. The molecule has 0 saturated heterocycles. The minimum atomic E-state index is -1.04. The van der Waals surface area contributed by atoms with Crippen LogP contribution in [0, 0.1) is 5.92 Å². The van der Waals surface area contributed by atoms with E-state index in [2.05, 4.69) is 18.8 Å². The van der Waals surface area contributed by atoms with Crippen LogP contribution in [-0.4, -0.2) is 21.8 Å². The van der Waals surface area contributed by atoms with Crippen molar-refractivity contribution in [3.05, 3.63) is 23.5 Å². The quantitative estimate of drug-likeness (QED) is 0.716. The molecule has 0 aliphatic carbocycles. The number of aromatic nitrogens is 1. The van der Waals surface area contributed by atoms with E-state index in [0.717, 1.165) is 25.7 Å². The zero-order valence-corrected chi connectivity index (χ0v) is 10.3. The normalized spacial score (nSPS) is 10.8. The van der Waals surface area contributed by atoms with Crippen LogP contribution >= 0.6 is 0 Å². The monoisotopic (exact) mass is 237 g/mol. The highest BCUT2D eigenvalue weighted by Gasteiger charge is 2.20. The van der Waals surface area contributed by atoms with Crippen molar-refractivity contribution in [2.75, 3.05) is 0 Å². The van der Waals surface area contributed by atoms with Gasteiger partial charge in [0, 0.05) is 17.7 Å². The fourth-order valence-electron chi connectivity index (χ4n) is 2.00. The molecule has 0 aliphatic rings. The first-order chi connectivity index (χ1) is 8.10. The second kappa shape index (κ2) is 6.23. The van der Waals surface area contributed by atoms with Crippen molar-refractivity contribution in [1.29, 1.82) is 0 Å². The van der Waals surface area contributed by atoms with Crippen molar-refractivity contribution in [2.45, 2.75) is 39.5 Å². The van der Waals surface area contributed by atoms with E-state index in [0.29, 0.717) is 5.56 Å². The number of carboxylic acids is 1. The number of H-pyrrole nitrogens is 1. The fourth-order valence-corrected chi connectivity index (χ4v) is 2.00. The number of aromatic amines is 1. The molecule has 0 saturated carbocycles. The molecule has 17 heavy (non-hydrogen) atoms. The van der Waals surface area contributed by atoms with Gasteiger partial charge < -0.3 is 10.1 Å². The standard InChI is InChI=1S/C13H19NO3/c1-3-5-9(6-4-2)12(15)10-7-11(13(16)17)14-8-10/h7-9,14H,3-6H2,1-2H3,(H,16,17). The molecule has 1 rings (SSSR count). The van der Waals surface area contributed by atoms with E-state index in [4.69, 9.17) is 5.11 Å². The van der Waals surface area contributed by atoms with Gasteiger partial charge in [-0.25, -0.2) is 4.79 Å². The minimum Gasteiger partial charge on any atom is -0.477 e. The number of hydrogen-bond acceptors (Lipinski definition) is 2. The van der Waals surface area contributed by atoms with Crippen molar-refractivity contribution in [2.24, 2.45) is 5.92 Å². The molecule has 1 aromatic heterocycles. The summed E-state index contributed by atoms with van der Waals surface area (Å²) in [6.07, 6.45) is 5.14. The van der Waals surface area contributed by atoms with Crippen molar-refractivity contribution in [3.63, 3.8) is 0 Å². The summed E-state index contributed by atoms with van der Waals surface area (Å²) in [6, 6.07) is 1.42. The van der Waals surface area contributed by atoms with Gasteiger partial charge in [-0.05, 0) is 18.9 Å². The summed E-state index contributed by atoms with van der Waals surface area (Å²) in [7, 11) is 0. The molecule has 0 radical (unpaired) electrons. The van der Waals surface area contributed by atoms with Crippen LogP contribution in [0.3, 0.4) is 0 Å². The Kier molecular flexibility index (Phi) is 4.94. The van der Waals surface area contributed by atoms with E-state index in [1.165, 1.54) is 12.3 Å². The number of carboxylic acid groups (broad SMARTS) is 1. The Hall–Kier alpha value is -1.58. The van der Waals surface area contributed by atoms with Crippen molar-refractivity contribution in [3.8, 4) is 0 Å². The number of rotatable bonds is 7. The second-order valence-corrected chi connectivity index (χ2v) is 4.25. The van der Waals surface area contributed by atoms with Crippen LogP contribution in [0.15, 0.2) is 12.3 Å². The van der Waals surface area contributed by atoms with Gasteiger partial charge in [-0.1, -0.05) is 26.7 Å². The predicted octanol–water partition coefficient (Wildman–Crippen LogP) is 3.11. The Morgan fingerprint density at radius 1 is 1.29 bits per heavy atom. The molecule has 0 atom stereocenters. The molecular formula is C13H19NO3. The van der Waals surface area contributed by atoms with Crippen molar-refractivity contribution < 1.29 is 14.7 Å².